The highest BCUT2D eigenvalue weighted by molar-refractivity contribution is 5.45. The molecule has 18 heavy (non-hydrogen) atoms. The smallest absolute Gasteiger partial charge is 0.123 e. The first kappa shape index (κ1) is 12.6. The van der Waals surface area contributed by atoms with E-state index in [0.29, 0.717) is 0 Å². The van der Waals surface area contributed by atoms with E-state index in [2.05, 4.69) is 17.2 Å². The molecule has 1 aromatic carbocycles. The van der Waals surface area contributed by atoms with Gasteiger partial charge in [0.2, 0.25) is 0 Å². The Morgan fingerprint density at radius 3 is 2.78 bits per heavy atom. The molecule has 1 N–H and O–H groups in total. The minimum atomic E-state index is -0.199. The van der Waals surface area contributed by atoms with Gasteiger partial charge in [-0.05, 0) is 42.7 Å². The number of hydrogen-bond acceptors (Lipinski definition) is 2. The number of aromatic nitrogens is 1. The maximum atomic E-state index is 13.2. The Morgan fingerprint density at radius 1 is 1.28 bits per heavy atom. The molecule has 0 aliphatic rings. The van der Waals surface area contributed by atoms with Crippen molar-refractivity contribution in [1.29, 1.82) is 0 Å². The minimum Gasteiger partial charge on any atom is -0.377 e. The standard InChI is InChI=1S/C15H17FN2/c1-3-15(12-5-4-6-13(16)8-12)18-14-7-11(2)9-17-10-14/h4-10,15,18H,3H2,1-2H3. The van der Waals surface area contributed by atoms with Crippen molar-refractivity contribution in [3.05, 3.63) is 59.7 Å². The Hall–Kier alpha value is -1.90. The lowest BCUT2D eigenvalue weighted by Gasteiger charge is -2.18. The van der Waals surface area contributed by atoms with Gasteiger partial charge in [0.25, 0.3) is 0 Å². The van der Waals surface area contributed by atoms with Crippen LogP contribution in [0.1, 0.15) is 30.5 Å². The number of pyridine rings is 1. The van der Waals surface area contributed by atoms with Crippen molar-refractivity contribution < 1.29 is 4.39 Å². The number of halogens is 1. The normalized spacial score (nSPS) is 12.2. The van der Waals surface area contributed by atoms with Gasteiger partial charge in [0, 0.05) is 12.4 Å². The molecule has 3 heteroatoms. The predicted octanol–water partition coefficient (Wildman–Crippen LogP) is 4.09. The van der Waals surface area contributed by atoms with E-state index in [1.807, 2.05) is 25.3 Å². The quantitative estimate of drug-likeness (QED) is 0.876. The van der Waals surface area contributed by atoms with E-state index >= 15 is 0 Å². The number of anilines is 1. The van der Waals surface area contributed by atoms with Crippen LogP contribution in [0.25, 0.3) is 0 Å². The monoisotopic (exact) mass is 244 g/mol. The first-order chi connectivity index (χ1) is 8.69. The molecule has 2 nitrogen and oxygen atoms in total. The topological polar surface area (TPSA) is 24.9 Å². The number of rotatable bonds is 4. The van der Waals surface area contributed by atoms with Gasteiger partial charge < -0.3 is 5.32 Å². The molecule has 2 rings (SSSR count). The fraction of sp³-hybridized carbons (Fsp3) is 0.267. The van der Waals surface area contributed by atoms with Crippen LogP contribution in [0, 0.1) is 12.7 Å². The molecule has 0 aliphatic heterocycles. The van der Waals surface area contributed by atoms with Gasteiger partial charge in [0.15, 0.2) is 0 Å². The lowest BCUT2D eigenvalue weighted by molar-refractivity contribution is 0.621. The third-order valence-corrected chi connectivity index (χ3v) is 2.88. The average molecular weight is 244 g/mol. The second-order valence-electron chi connectivity index (χ2n) is 4.41. The van der Waals surface area contributed by atoms with E-state index in [4.69, 9.17) is 0 Å². The Kier molecular flexibility index (Phi) is 3.92. The van der Waals surface area contributed by atoms with Crippen molar-refractivity contribution in [3.63, 3.8) is 0 Å². The molecule has 0 spiro atoms. The van der Waals surface area contributed by atoms with Crippen LogP contribution >= 0.6 is 0 Å². The fourth-order valence-corrected chi connectivity index (χ4v) is 1.98. The van der Waals surface area contributed by atoms with Gasteiger partial charge in [-0.1, -0.05) is 19.1 Å². The number of hydrogen-bond donors (Lipinski definition) is 1. The van der Waals surface area contributed by atoms with Crippen molar-refractivity contribution >= 4 is 5.69 Å². The molecule has 0 saturated heterocycles. The molecule has 0 amide bonds. The predicted molar refractivity (Wildman–Crippen MR) is 72.0 cm³/mol. The average Bonchev–Trinajstić information content (AvgIpc) is 2.36. The first-order valence-corrected chi connectivity index (χ1v) is 6.12. The summed E-state index contributed by atoms with van der Waals surface area (Å²) in [6.45, 7) is 4.08. The van der Waals surface area contributed by atoms with E-state index < -0.39 is 0 Å². The van der Waals surface area contributed by atoms with Crippen LogP contribution in [0.15, 0.2) is 42.7 Å². The number of nitrogens with one attached hydrogen (secondary N) is 1. The summed E-state index contributed by atoms with van der Waals surface area (Å²) in [5.41, 5.74) is 3.03. The van der Waals surface area contributed by atoms with Crippen LogP contribution in [-0.4, -0.2) is 4.98 Å². The second-order valence-corrected chi connectivity index (χ2v) is 4.41. The maximum absolute atomic E-state index is 13.2. The van der Waals surface area contributed by atoms with Crippen LogP contribution < -0.4 is 5.32 Å². The minimum absolute atomic E-state index is 0.101. The van der Waals surface area contributed by atoms with Crippen LogP contribution in [0.4, 0.5) is 10.1 Å². The highest BCUT2D eigenvalue weighted by Gasteiger charge is 2.09. The van der Waals surface area contributed by atoms with Gasteiger partial charge in [0.1, 0.15) is 5.82 Å². The molecule has 0 fully saturated rings. The molecule has 94 valence electrons. The van der Waals surface area contributed by atoms with Gasteiger partial charge in [-0.2, -0.15) is 0 Å². The van der Waals surface area contributed by atoms with Crippen molar-refractivity contribution in [3.8, 4) is 0 Å². The van der Waals surface area contributed by atoms with Crippen LogP contribution in [-0.2, 0) is 0 Å². The summed E-state index contributed by atoms with van der Waals surface area (Å²) in [5.74, 6) is -0.199. The summed E-state index contributed by atoms with van der Waals surface area (Å²) >= 11 is 0. The van der Waals surface area contributed by atoms with E-state index in [-0.39, 0.29) is 11.9 Å². The zero-order chi connectivity index (χ0) is 13.0. The number of aryl methyl sites for hydroxylation is 1. The van der Waals surface area contributed by atoms with E-state index in [0.717, 1.165) is 23.2 Å². The van der Waals surface area contributed by atoms with Gasteiger partial charge in [-0.3, -0.25) is 4.98 Å². The van der Waals surface area contributed by atoms with Gasteiger partial charge in [-0.25, -0.2) is 4.39 Å². The summed E-state index contributed by atoms with van der Waals surface area (Å²) in [5, 5.41) is 3.38. The largest absolute Gasteiger partial charge is 0.377 e. The molecular weight excluding hydrogens is 227 g/mol. The summed E-state index contributed by atoms with van der Waals surface area (Å²) in [4.78, 5) is 4.15. The SMILES string of the molecule is CCC(Nc1cncc(C)c1)c1cccc(F)c1. The second kappa shape index (κ2) is 5.63. The lowest BCUT2D eigenvalue weighted by Crippen LogP contribution is -2.10. The van der Waals surface area contributed by atoms with Crippen LogP contribution in [0.5, 0.6) is 0 Å². The van der Waals surface area contributed by atoms with Gasteiger partial charge in [0.05, 0.1) is 11.7 Å². The molecule has 2 aromatic rings. The van der Waals surface area contributed by atoms with Crippen molar-refractivity contribution in [2.45, 2.75) is 26.3 Å². The summed E-state index contributed by atoms with van der Waals surface area (Å²) in [6, 6.07) is 8.85. The van der Waals surface area contributed by atoms with E-state index in [1.54, 1.807) is 18.3 Å². The maximum Gasteiger partial charge on any atom is 0.123 e. The summed E-state index contributed by atoms with van der Waals surface area (Å²) in [7, 11) is 0. The van der Waals surface area contributed by atoms with E-state index in [9.17, 15) is 4.39 Å². The Balaban J connectivity index is 2.19. The van der Waals surface area contributed by atoms with Crippen molar-refractivity contribution in [2.75, 3.05) is 5.32 Å². The molecule has 1 unspecified atom stereocenters. The third kappa shape index (κ3) is 3.06. The Labute approximate surface area is 107 Å². The number of benzene rings is 1. The molecule has 0 bridgehead atoms. The van der Waals surface area contributed by atoms with Gasteiger partial charge >= 0.3 is 0 Å². The first-order valence-electron chi connectivity index (χ1n) is 6.12. The highest BCUT2D eigenvalue weighted by Crippen LogP contribution is 2.23. The molecule has 0 saturated carbocycles. The van der Waals surface area contributed by atoms with Crippen LogP contribution in [0.2, 0.25) is 0 Å². The van der Waals surface area contributed by atoms with Gasteiger partial charge in [-0.15, -0.1) is 0 Å². The Morgan fingerprint density at radius 2 is 2.11 bits per heavy atom. The van der Waals surface area contributed by atoms with Crippen molar-refractivity contribution in [2.24, 2.45) is 0 Å². The van der Waals surface area contributed by atoms with Crippen molar-refractivity contribution in [1.82, 2.24) is 4.98 Å². The molecule has 1 heterocycles. The van der Waals surface area contributed by atoms with Crippen LogP contribution in [0.3, 0.4) is 0 Å². The molecular formula is C15H17FN2. The summed E-state index contributed by atoms with van der Waals surface area (Å²) in [6.07, 6.45) is 4.49. The fourth-order valence-electron chi connectivity index (χ4n) is 1.98. The Bertz CT molecular complexity index is 525. The summed E-state index contributed by atoms with van der Waals surface area (Å²) < 4.78 is 13.2. The zero-order valence-corrected chi connectivity index (χ0v) is 10.7. The molecule has 0 aliphatic carbocycles. The third-order valence-electron chi connectivity index (χ3n) is 2.88. The molecule has 1 atom stereocenters. The molecule has 1 aromatic heterocycles. The zero-order valence-electron chi connectivity index (χ0n) is 10.7. The molecule has 0 radical (unpaired) electrons. The number of nitrogens with zero attached hydrogens (tertiary/aromatic N) is 1. The lowest BCUT2D eigenvalue weighted by atomic mass is 10.0. The highest BCUT2D eigenvalue weighted by atomic mass is 19.1. The van der Waals surface area contributed by atoms with E-state index in [1.165, 1.54) is 6.07 Å².